The highest BCUT2D eigenvalue weighted by Gasteiger charge is 2.35. The molecule has 0 atom stereocenters. The Balaban J connectivity index is 1.38. The molecule has 0 bridgehead atoms. The number of sulfonamides is 1. The third-order valence-corrected chi connectivity index (χ3v) is 7.75. The first-order valence-electron chi connectivity index (χ1n) is 10.9. The molecular weight excluding hydrogens is 456 g/mol. The number of carbonyl (C=O) groups is 1. The maximum Gasteiger partial charge on any atom is 0.289 e. The standard InChI is InChI=1S/C24H24N4O5S/c29-24(25-21-11-5-4-10-20(21)19-8-2-1-3-9-19)18-26-14-16-27(17-15-26)34(32,33)23-13-7-6-12-22(23)28(30)31/h1-13H,14-18H2,(H,25,29)/p+1. The van der Waals surface area contributed by atoms with Crippen molar-refractivity contribution >= 4 is 27.3 Å². The van der Waals surface area contributed by atoms with Gasteiger partial charge in [-0.25, -0.2) is 8.42 Å². The molecule has 1 aliphatic rings. The van der Waals surface area contributed by atoms with Crippen LogP contribution in [0.1, 0.15) is 0 Å². The quantitative estimate of drug-likeness (QED) is 0.395. The van der Waals surface area contributed by atoms with Crippen LogP contribution in [0.3, 0.4) is 0 Å². The zero-order valence-electron chi connectivity index (χ0n) is 18.4. The zero-order valence-corrected chi connectivity index (χ0v) is 19.2. The summed E-state index contributed by atoms with van der Waals surface area (Å²) >= 11 is 0. The monoisotopic (exact) mass is 481 g/mol. The third kappa shape index (κ3) is 5.14. The van der Waals surface area contributed by atoms with Gasteiger partial charge in [0.1, 0.15) is 0 Å². The maximum atomic E-state index is 13.0. The summed E-state index contributed by atoms with van der Waals surface area (Å²) in [6, 6.07) is 22.7. The lowest BCUT2D eigenvalue weighted by molar-refractivity contribution is -0.895. The summed E-state index contributed by atoms with van der Waals surface area (Å²) in [6.45, 7) is 1.40. The number of nitrogens with zero attached hydrogens (tertiary/aromatic N) is 2. The maximum absolute atomic E-state index is 13.0. The minimum Gasteiger partial charge on any atom is -0.325 e. The number of hydrogen-bond donors (Lipinski definition) is 2. The van der Waals surface area contributed by atoms with E-state index in [1.54, 1.807) is 0 Å². The van der Waals surface area contributed by atoms with Crippen LogP contribution in [0.25, 0.3) is 11.1 Å². The van der Waals surface area contributed by atoms with Gasteiger partial charge in [0, 0.05) is 17.3 Å². The second-order valence-corrected chi connectivity index (χ2v) is 9.92. The number of nitrogens with one attached hydrogen (secondary N) is 2. The number of para-hydroxylation sites is 2. The first-order chi connectivity index (χ1) is 16.4. The molecule has 3 aromatic carbocycles. The smallest absolute Gasteiger partial charge is 0.289 e. The van der Waals surface area contributed by atoms with Gasteiger partial charge in [-0.1, -0.05) is 60.7 Å². The van der Waals surface area contributed by atoms with Crippen molar-refractivity contribution in [3.8, 4) is 11.1 Å². The molecule has 0 aromatic heterocycles. The molecule has 1 saturated heterocycles. The predicted octanol–water partition coefficient (Wildman–Crippen LogP) is 1.79. The first-order valence-corrected chi connectivity index (χ1v) is 12.3. The van der Waals surface area contributed by atoms with Crippen LogP contribution >= 0.6 is 0 Å². The number of nitro groups is 1. The van der Waals surface area contributed by atoms with Crippen LogP contribution < -0.4 is 10.2 Å². The van der Waals surface area contributed by atoms with Gasteiger partial charge in [0.2, 0.25) is 10.0 Å². The molecule has 1 fully saturated rings. The number of quaternary nitrogens is 1. The van der Waals surface area contributed by atoms with Crippen molar-refractivity contribution in [3.63, 3.8) is 0 Å². The van der Waals surface area contributed by atoms with Gasteiger partial charge in [-0.2, -0.15) is 4.31 Å². The molecule has 10 heteroatoms. The van der Waals surface area contributed by atoms with Gasteiger partial charge >= 0.3 is 0 Å². The van der Waals surface area contributed by atoms with Gasteiger partial charge < -0.3 is 10.2 Å². The second kappa shape index (κ2) is 10.1. The van der Waals surface area contributed by atoms with Gasteiger partial charge in [0.25, 0.3) is 11.6 Å². The van der Waals surface area contributed by atoms with Crippen molar-refractivity contribution < 1.29 is 23.0 Å². The SMILES string of the molecule is O=C(C[NH+]1CCN(S(=O)(=O)c2ccccc2[N+](=O)[O-])CC1)Nc1ccccc1-c1ccccc1. The number of hydrogen-bond acceptors (Lipinski definition) is 5. The molecule has 0 spiro atoms. The van der Waals surface area contributed by atoms with E-state index in [1.807, 2.05) is 54.6 Å². The van der Waals surface area contributed by atoms with Gasteiger partial charge in [-0.15, -0.1) is 0 Å². The molecule has 1 aliphatic heterocycles. The summed E-state index contributed by atoms with van der Waals surface area (Å²) in [5.74, 6) is -0.159. The van der Waals surface area contributed by atoms with Crippen LogP contribution in [0.2, 0.25) is 0 Å². The molecule has 176 valence electrons. The van der Waals surface area contributed by atoms with E-state index in [4.69, 9.17) is 0 Å². The Labute approximate surface area is 197 Å². The number of amides is 1. The molecule has 4 rings (SSSR count). The van der Waals surface area contributed by atoms with Gasteiger partial charge in [0.15, 0.2) is 11.4 Å². The molecule has 0 saturated carbocycles. The van der Waals surface area contributed by atoms with E-state index < -0.39 is 20.6 Å². The van der Waals surface area contributed by atoms with Crippen molar-refractivity contribution in [1.29, 1.82) is 0 Å². The summed E-state index contributed by atoms with van der Waals surface area (Å²) in [6.07, 6.45) is 0. The summed E-state index contributed by atoms with van der Waals surface area (Å²) < 4.78 is 27.2. The van der Waals surface area contributed by atoms with Crippen molar-refractivity contribution in [1.82, 2.24) is 4.31 Å². The molecule has 34 heavy (non-hydrogen) atoms. The normalized spacial score (nSPS) is 15.1. The van der Waals surface area contributed by atoms with E-state index in [9.17, 15) is 23.3 Å². The first kappa shape index (κ1) is 23.6. The van der Waals surface area contributed by atoms with Gasteiger partial charge in [0.05, 0.1) is 31.1 Å². The molecule has 0 radical (unpaired) electrons. The van der Waals surface area contributed by atoms with Crippen LogP contribution in [0.15, 0.2) is 83.8 Å². The Bertz CT molecular complexity index is 1290. The fraction of sp³-hybridized carbons (Fsp3) is 0.208. The Morgan fingerprint density at radius 1 is 0.941 bits per heavy atom. The third-order valence-electron chi connectivity index (χ3n) is 5.81. The highest BCUT2D eigenvalue weighted by atomic mass is 32.2. The van der Waals surface area contributed by atoms with Crippen LogP contribution in [0, 0.1) is 10.1 Å². The number of anilines is 1. The van der Waals surface area contributed by atoms with E-state index in [-0.39, 0.29) is 30.4 Å². The minimum absolute atomic E-state index is 0.159. The number of rotatable bonds is 7. The molecular formula is C24H25N4O5S+. The van der Waals surface area contributed by atoms with Crippen LogP contribution in [-0.4, -0.2) is 56.3 Å². The Kier molecular flexibility index (Phi) is 7.01. The van der Waals surface area contributed by atoms with Gasteiger partial charge in [-0.05, 0) is 17.7 Å². The summed E-state index contributed by atoms with van der Waals surface area (Å²) in [5, 5.41) is 14.2. The number of benzene rings is 3. The van der Waals surface area contributed by atoms with E-state index in [0.29, 0.717) is 13.1 Å². The second-order valence-electron chi connectivity index (χ2n) is 8.02. The van der Waals surface area contributed by atoms with Crippen molar-refractivity contribution in [3.05, 3.63) is 89.0 Å². The fourth-order valence-corrected chi connectivity index (χ4v) is 5.67. The van der Waals surface area contributed by atoms with Crippen molar-refractivity contribution in [2.45, 2.75) is 4.90 Å². The van der Waals surface area contributed by atoms with E-state index in [0.717, 1.165) is 21.7 Å². The van der Waals surface area contributed by atoms with E-state index >= 15 is 0 Å². The average molecular weight is 482 g/mol. The lowest BCUT2D eigenvalue weighted by Crippen LogP contribution is -3.15. The topological polar surface area (TPSA) is 114 Å². The van der Waals surface area contributed by atoms with Crippen molar-refractivity contribution in [2.24, 2.45) is 0 Å². The molecule has 1 heterocycles. The number of piperazine rings is 1. The Morgan fingerprint density at radius 2 is 1.56 bits per heavy atom. The highest BCUT2D eigenvalue weighted by molar-refractivity contribution is 7.89. The Morgan fingerprint density at radius 3 is 2.26 bits per heavy atom. The predicted molar refractivity (Wildman–Crippen MR) is 128 cm³/mol. The van der Waals surface area contributed by atoms with E-state index in [1.165, 1.54) is 28.6 Å². The van der Waals surface area contributed by atoms with Crippen LogP contribution in [0.4, 0.5) is 11.4 Å². The van der Waals surface area contributed by atoms with Crippen LogP contribution in [-0.2, 0) is 14.8 Å². The van der Waals surface area contributed by atoms with Gasteiger partial charge in [-0.3, -0.25) is 14.9 Å². The van der Waals surface area contributed by atoms with Crippen LogP contribution in [0.5, 0.6) is 0 Å². The lowest BCUT2D eigenvalue weighted by atomic mass is 10.0. The Hall–Kier alpha value is -3.60. The zero-order chi connectivity index (χ0) is 24.1. The van der Waals surface area contributed by atoms with Crippen molar-refractivity contribution in [2.75, 3.05) is 38.0 Å². The highest BCUT2D eigenvalue weighted by Crippen LogP contribution is 2.28. The molecule has 3 aromatic rings. The minimum atomic E-state index is -4.00. The average Bonchev–Trinajstić information content (AvgIpc) is 2.85. The van der Waals surface area contributed by atoms with E-state index in [2.05, 4.69) is 5.32 Å². The molecule has 9 nitrogen and oxygen atoms in total. The molecule has 0 aliphatic carbocycles. The number of nitro benzene ring substituents is 1. The lowest BCUT2D eigenvalue weighted by Gasteiger charge is -2.31. The number of carbonyl (C=O) groups excluding carboxylic acids is 1. The molecule has 0 unspecified atom stereocenters. The largest absolute Gasteiger partial charge is 0.325 e. The summed E-state index contributed by atoms with van der Waals surface area (Å²) in [4.78, 5) is 24.0. The summed E-state index contributed by atoms with van der Waals surface area (Å²) in [5.41, 5.74) is 2.20. The fourth-order valence-electron chi connectivity index (χ4n) is 4.07. The molecule has 2 N–H and O–H groups in total. The molecule has 1 amide bonds. The summed E-state index contributed by atoms with van der Waals surface area (Å²) in [7, 11) is -4.00.